The molecule has 1 aromatic heterocycles. The van der Waals surface area contributed by atoms with E-state index in [4.69, 9.17) is 31.5 Å². The predicted octanol–water partition coefficient (Wildman–Crippen LogP) is -0.0713. The van der Waals surface area contributed by atoms with Gasteiger partial charge in [-0.25, -0.2) is 4.79 Å². The Balaban J connectivity index is 2.48. The molecule has 0 aliphatic carbocycles. The van der Waals surface area contributed by atoms with Crippen LogP contribution in [0.3, 0.4) is 0 Å². The van der Waals surface area contributed by atoms with Crippen LogP contribution >= 0.6 is 11.6 Å². The molecule has 0 unspecified atom stereocenters. The van der Waals surface area contributed by atoms with E-state index in [1.165, 1.54) is 12.3 Å². The van der Waals surface area contributed by atoms with Gasteiger partial charge in [0.15, 0.2) is 12.3 Å². The number of aromatic nitrogens is 2. The highest BCUT2D eigenvalue weighted by Gasteiger charge is 2.59. The van der Waals surface area contributed by atoms with Crippen LogP contribution in [0.25, 0.3) is 0 Å². The Morgan fingerprint density at radius 3 is 2.68 bits per heavy atom. The second-order valence-corrected chi connectivity index (χ2v) is 6.10. The van der Waals surface area contributed by atoms with Gasteiger partial charge in [0, 0.05) is 24.4 Å². The lowest BCUT2D eigenvalue weighted by Gasteiger charge is -2.28. The summed E-state index contributed by atoms with van der Waals surface area (Å²) >= 11 is 5.50. The lowest BCUT2D eigenvalue weighted by atomic mass is 9.94. The number of hydrogen-bond acceptors (Lipinski definition) is 9. The molecule has 0 bridgehead atoms. The summed E-state index contributed by atoms with van der Waals surface area (Å²) in [6.07, 6.45) is -2.57. The van der Waals surface area contributed by atoms with Gasteiger partial charge in [0.2, 0.25) is 5.60 Å². The van der Waals surface area contributed by atoms with E-state index >= 15 is 0 Å². The SMILES string of the molecule is CCC(=O)OC[C@H]1O[C@@H](n2ccc(N)nc2=O)[C@@](O)(C#CCl)[C@@H]1OC(=O)CC. The van der Waals surface area contributed by atoms with Crippen molar-refractivity contribution in [2.24, 2.45) is 0 Å². The third kappa shape index (κ3) is 4.44. The Hall–Kier alpha value is -2.61. The first kappa shape index (κ1) is 21.7. The zero-order valence-corrected chi connectivity index (χ0v) is 16.0. The number of ether oxygens (including phenoxy) is 3. The van der Waals surface area contributed by atoms with Crippen LogP contribution in [0.2, 0.25) is 0 Å². The van der Waals surface area contributed by atoms with Crippen molar-refractivity contribution in [2.45, 2.75) is 50.7 Å². The molecule has 1 fully saturated rings. The maximum atomic E-state index is 12.2. The van der Waals surface area contributed by atoms with Gasteiger partial charge in [0.1, 0.15) is 18.5 Å². The molecule has 10 nitrogen and oxygen atoms in total. The summed E-state index contributed by atoms with van der Waals surface area (Å²) in [5.41, 5.74) is 2.45. The summed E-state index contributed by atoms with van der Waals surface area (Å²) in [7, 11) is 0. The third-order valence-corrected chi connectivity index (χ3v) is 4.14. The van der Waals surface area contributed by atoms with Crippen molar-refractivity contribution in [2.75, 3.05) is 12.3 Å². The van der Waals surface area contributed by atoms with E-state index in [0.717, 1.165) is 4.57 Å². The molecule has 2 heterocycles. The summed E-state index contributed by atoms with van der Waals surface area (Å²) in [6.45, 7) is 2.82. The Morgan fingerprint density at radius 1 is 1.43 bits per heavy atom. The van der Waals surface area contributed by atoms with Crippen molar-refractivity contribution in [1.82, 2.24) is 9.55 Å². The summed E-state index contributed by atoms with van der Waals surface area (Å²) in [5.74, 6) is 1.12. The minimum Gasteiger partial charge on any atom is -0.463 e. The van der Waals surface area contributed by atoms with Crippen molar-refractivity contribution in [3.63, 3.8) is 0 Å². The highest BCUT2D eigenvalue weighted by molar-refractivity contribution is 6.30. The lowest BCUT2D eigenvalue weighted by Crippen LogP contribution is -2.50. The first-order valence-electron chi connectivity index (χ1n) is 8.47. The normalized spacial score (nSPS) is 26.2. The van der Waals surface area contributed by atoms with E-state index in [2.05, 4.69) is 10.9 Å². The van der Waals surface area contributed by atoms with E-state index in [9.17, 15) is 19.5 Å². The van der Waals surface area contributed by atoms with Crippen LogP contribution in [0.1, 0.15) is 32.9 Å². The standard InChI is InChI=1S/C17H20ClN3O7/c1-3-12(22)26-9-10-14(28-13(23)4-2)17(25,6-7-18)15(27-10)21-8-5-11(19)20-16(21)24/h5,8,10,14-15,25H,3-4,9H2,1-2H3,(H2,19,20,24)/t10-,14-,15-,17-/m1/s1. The van der Waals surface area contributed by atoms with Gasteiger partial charge in [-0.1, -0.05) is 13.8 Å². The molecule has 28 heavy (non-hydrogen) atoms. The van der Waals surface area contributed by atoms with Gasteiger partial charge >= 0.3 is 17.6 Å². The predicted molar refractivity (Wildman–Crippen MR) is 96.8 cm³/mol. The van der Waals surface area contributed by atoms with Gasteiger partial charge in [-0.05, 0) is 23.6 Å². The maximum absolute atomic E-state index is 12.2. The molecule has 0 amide bonds. The number of hydrogen-bond donors (Lipinski definition) is 2. The molecule has 0 radical (unpaired) electrons. The smallest absolute Gasteiger partial charge is 0.351 e. The number of carbonyl (C=O) groups is 2. The summed E-state index contributed by atoms with van der Waals surface area (Å²) in [5, 5.41) is 13.2. The summed E-state index contributed by atoms with van der Waals surface area (Å²) < 4.78 is 17.0. The van der Waals surface area contributed by atoms with E-state index in [-0.39, 0.29) is 25.3 Å². The Labute approximate surface area is 165 Å². The number of esters is 2. The minimum absolute atomic E-state index is 0.0103. The fraction of sp³-hybridized carbons (Fsp3) is 0.529. The number of anilines is 1. The molecular weight excluding hydrogens is 394 g/mol. The van der Waals surface area contributed by atoms with Gasteiger partial charge in [-0.15, -0.1) is 0 Å². The Kier molecular flexibility index (Phi) is 7.01. The maximum Gasteiger partial charge on any atom is 0.351 e. The van der Waals surface area contributed by atoms with Crippen LogP contribution in [-0.2, 0) is 23.8 Å². The van der Waals surface area contributed by atoms with E-state index in [0.29, 0.717) is 0 Å². The van der Waals surface area contributed by atoms with Crippen molar-refractivity contribution < 1.29 is 28.9 Å². The second-order valence-electron chi connectivity index (χ2n) is 5.91. The molecular formula is C17H20ClN3O7. The molecule has 4 atom stereocenters. The van der Waals surface area contributed by atoms with E-state index in [1.54, 1.807) is 13.8 Å². The van der Waals surface area contributed by atoms with Crippen molar-refractivity contribution in [1.29, 1.82) is 0 Å². The van der Waals surface area contributed by atoms with Crippen LogP contribution in [0.5, 0.6) is 0 Å². The average Bonchev–Trinajstić information content (AvgIpc) is 2.92. The molecule has 0 aromatic carbocycles. The van der Waals surface area contributed by atoms with Gasteiger partial charge < -0.3 is 25.1 Å². The molecule has 11 heteroatoms. The van der Waals surface area contributed by atoms with Gasteiger partial charge in [0.25, 0.3) is 0 Å². The zero-order chi connectivity index (χ0) is 20.9. The lowest BCUT2D eigenvalue weighted by molar-refractivity contribution is -0.162. The van der Waals surface area contributed by atoms with Crippen LogP contribution in [-0.4, -0.2) is 51.0 Å². The highest BCUT2D eigenvalue weighted by Crippen LogP contribution is 2.40. The topological polar surface area (TPSA) is 143 Å². The number of aliphatic hydroxyl groups is 1. The molecule has 3 N–H and O–H groups in total. The molecule has 1 aromatic rings. The number of nitrogen functional groups attached to an aromatic ring is 1. The van der Waals surface area contributed by atoms with Crippen LogP contribution in [0, 0.1) is 11.3 Å². The first-order valence-corrected chi connectivity index (χ1v) is 8.85. The quantitative estimate of drug-likeness (QED) is 0.483. The minimum atomic E-state index is -2.21. The van der Waals surface area contributed by atoms with Crippen molar-refractivity contribution in [3.05, 3.63) is 22.7 Å². The third-order valence-electron chi connectivity index (χ3n) is 4.05. The number of nitrogens with two attached hydrogens (primary N) is 1. The summed E-state index contributed by atoms with van der Waals surface area (Å²) in [4.78, 5) is 39.2. The molecule has 1 aliphatic rings. The number of carbonyl (C=O) groups excluding carboxylic acids is 2. The van der Waals surface area contributed by atoms with Gasteiger partial charge in [-0.3, -0.25) is 14.2 Å². The fourth-order valence-corrected chi connectivity index (χ4v) is 2.80. The van der Waals surface area contributed by atoms with Crippen LogP contribution < -0.4 is 11.4 Å². The van der Waals surface area contributed by atoms with Crippen LogP contribution in [0.4, 0.5) is 5.82 Å². The van der Waals surface area contributed by atoms with Crippen molar-refractivity contribution in [3.8, 4) is 11.3 Å². The molecule has 2 rings (SSSR count). The largest absolute Gasteiger partial charge is 0.463 e. The molecule has 0 saturated carbocycles. The molecule has 1 aliphatic heterocycles. The van der Waals surface area contributed by atoms with E-state index in [1.807, 2.05) is 5.38 Å². The van der Waals surface area contributed by atoms with Gasteiger partial charge in [0.05, 0.1) is 0 Å². The van der Waals surface area contributed by atoms with Crippen LogP contribution in [0.15, 0.2) is 17.1 Å². The summed E-state index contributed by atoms with van der Waals surface area (Å²) in [6, 6.07) is 1.32. The highest BCUT2D eigenvalue weighted by atomic mass is 35.5. The fourth-order valence-electron chi connectivity index (χ4n) is 2.65. The number of halogens is 1. The number of nitrogens with zero attached hydrogens (tertiary/aromatic N) is 2. The molecule has 152 valence electrons. The zero-order valence-electron chi connectivity index (χ0n) is 15.3. The molecule has 1 saturated heterocycles. The average molecular weight is 414 g/mol. The number of rotatable bonds is 6. The van der Waals surface area contributed by atoms with Gasteiger partial charge in [-0.2, -0.15) is 4.98 Å². The monoisotopic (exact) mass is 413 g/mol. The van der Waals surface area contributed by atoms with Crippen molar-refractivity contribution >= 4 is 29.4 Å². The first-order chi connectivity index (χ1) is 13.3. The molecule has 0 spiro atoms. The Bertz CT molecular complexity index is 862. The second kappa shape index (κ2) is 9.05. The Morgan fingerprint density at radius 2 is 2.11 bits per heavy atom. The van der Waals surface area contributed by atoms with E-state index < -0.39 is 41.7 Å².